The summed E-state index contributed by atoms with van der Waals surface area (Å²) in [7, 11) is 0.494. The van der Waals surface area contributed by atoms with Gasteiger partial charge in [0.1, 0.15) is 0 Å². The molecule has 1 unspecified atom stereocenters. The van der Waals surface area contributed by atoms with Gasteiger partial charge in [0.15, 0.2) is 0 Å². The lowest BCUT2D eigenvalue weighted by molar-refractivity contribution is 0.122. The van der Waals surface area contributed by atoms with Gasteiger partial charge in [0.25, 0.3) is 0 Å². The molecule has 1 aromatic carbocycles. The summed E-state index contributed by atoms with van der Waals surface area (Å²) in [6.07, 6.45) is 0. The lowest BCUT2D eigenvalue weighted by Gasteiger charge is -2.38. The number of likely N-dealkylation sites (N-methyl/N-ethyl adjacent to an activating group) is 2. The molecule has 1 atom stereocenters. The first-order valence-electron chi connectivity index (χ1n) is 6.82. The Hall–Kier alpha value is -1.35. The van der Waals surface area contributed by atoms with Crippen molar-refractivity contribution in [3.8, 4) is 0 Å². The fourth-order valence-corrected chi connectivity index (χ4v) is 2.98. The van der Waals surface area contributed by atoms with Crippen molar-refractivity contribution in [3.63, 3.8) is 0 Å². The zero-order chi connectivity index (χ0) is 15.6. The Balaban J connectivity index is 2.03. The molecule has 1 aliphatic heterocycles. The van der Waals surface area contributed by atoms with Crippen molar-refractivity contribution < 1.29 is 8.42 Å². The average Bonchev–Trinajstić information content (AvgIpc) is 2.40. The second-order valence-corrected chi connectivity index (χ2v) is 7.13. The molecule has 21 heavy (non-hydrogen) atoms. The zero-order valence-electron chi connectivity index (χ0n) is 12.4. The van der Waals surface area contributed by atoms with Crippen molar-refractivity contribution in [2.75, 3.05) is 51.3 Å². The van der Waals surface area contributed by atoms with E-state index in [1.807, 2.05) is 0 Å². The monoisotopic (exact) mass is 313 g/mol. The highest BCUT2D eigenvalue weighted by Gasteiger charge is 2.22. The molecular weight excluding hydrogens is 290 g/mol. The Labute approximate surface area is 125 Å². The number of sulfonamides is 1. The van der Waals surface area contributed by atoms with E-state index in [1.54, 1.807) is 6.07 Å². The van der Waals surface area contributed by atoms with Crippen LogP contribution in [0.15, 0.2) is 23.1 Å². The summed E-state index contributed by atoms with van der Waals surface area (Å²) in [6, 6.07) is 4.89. The van der Waals surface area contributed by atoms with Crippen LogP contribution < -0.4 is 16.2 Å². The predicted octanol–water partition coefficient (Wildman–Crippen LogP) is -0.426. The van der Waals surface area contributed by atoms with Gasteiger partial charge in [-0.15, -0.1) is 0 Å². The highest BCUT2D eigenvalue weighted by Crippen LogP contribution is 2.22. The standard InChI is InChI=1S/C13H23N5O2S/c1-17-5-6-18(2)10(9-17)8-16-13-4-3-11(7-12(13)14)21(15,19)20/h3-4,7,10,16H,5-6,8-9,14H2,1-2H3,(H2,15,19,20). The highest BCUT2D eigenvalue weighted by molar-refractivity contribution is 7.89. The minimum absolute atomic E-state index is 0.0278. The van der Waals surface area contributed by atoms with Crippen LogP contribution in [-0.4, -0.2) is 64.5 Å². The van der Waals surface area contributed by atoms with E-state index in [2.05, 4.69) is 29.2 Å². The normalized spacial score (nSPS) is 21.4. The van der Waals surface area contributed by atoms with Crippen LogP contribution in [0.3, 0.4) is 0 Å². The molecule has 5 N–H and O–H groups in total. The van der Waals surface area contributed by atoms with Crippen LogP contribution in [0.4, 0.5) is 11.4 Å². The first-order valence-corrected chi connectivity index (χ1v) is 8.37. The largest absolute Gasteiger partial charge is 0.397 e. The predicted molar refractivity (Wildman–Crippen MR) is 84.6 cm³/mol. The molecule has 0 bridgehead atoms. The molecule has 7 nitrogen and oxygen atoms in total. The van der Waals surface area contributed by atoms with Crippen LogP contribution in [0.2, 0.25) is 0 Å². The van der Waals surface area contributed by atoms with Gasteiger partial charge >= 0.3 is 0 Å². The first kappa shape index (κ1) is 16.0. The lowest BCUT2D eigenvalue weighted by atomic mass is 10.1. The number of nitrogens with zero attached hydrogens (tertiary/aromatic N) is 2. The maximum absolute atomic E-state index is 11.3. The summed E-state index contributed by atoms with van der Waals surface area (Å²) in [5, 5.41) is 8.37. The van der Waals surface area contributed by atoms with E-state index < -0.39 is 10.0 Å². The number of nitrogen functional groups attached to an aromatic ring is 1. The van der Waals surface area contributed by atoms with Crippen LogP contribution in [0.1, 0.15) is 0 Å². The fourth-order valence-electron chi connectivity index (χ4n) is 2.43. The Morgan fingerprint density at radius 1 is 1.33 bits per heavy atom. The summed E-state index contributed by atoms with van der Waals surface area (Å²) in [5.74, 6) is 0. The zero-order valence-corrected chi connectivity index (χ0v) is 13.2. The van der Waals surface area contributed by atoms with E-state index in [9.17, 15) is 8.42 Å². The molecule has 1 heterocycles. The van der Waals surface area contributed by atoms with Crippen molar-refractivity contribution >= 4 is 21.4 Å². The Morgan fingerprint density at radius 2 is 2.05 bits per heavy atom. The van der Waals surface area contributed by atoms with Crippen LogP contribution in [0.25, 0.3) is 0 Å². The van der Waals surface area contributed by atoms with Crippen molar-refractivity contribution in [1.82, 2.24) is 9.80 Å². The van der Waals surface area contributed by atoms with Gasteiger partial charge in [0, 0.05) is 32.2 Å². The number of nitrogens with two attached hydrogens (primary N) is 2. The fraction of sp³-hybridized carbons (Fsp3) is 0.538. The Morgan fingerprint density at radius 3 is 2.67 bits per heavy atom. The summed E-state index contributed by atoms with van der Waals surface area (Å²) < 4.78 is 22.5. The van der Waals surface area contributed by atoms with Gasteiger partial charge in [-0.05, 0) is 32.3 Å². The van der Waals surface area contributed by atoms with E-state index in [0.717, 1.165) is 31.9 Å². The second kappa shape index (κ2) is 6.18. The number of rotatable bonds is 4. The lowest BCUT2D eigenvalue weighted by Crippen LogP contribution is -2.52. The molecule has 8 heteroatoms. The molecule has 0 spiro atoms. The summed E-state index contributed by atoms with van der Waals surface area (Å²) in [5.41, 5.74) is 7.00. The number of hydrogen-bond acceptors (Lipinski definition) is 6. The van der Waals surface area contributed by atoms with Crippen molar-refractivity contribution in [2.24, 2.45) is 5.14 Å². The van der Waals surface area contributed by atoms with E-state index in [0.29, 0.717) is 11.7 Å². The molecule has 0 amide bonds. The van der Waals surface area contributed by atoms with E-state index in [-0.39, 0.29) is 4.90 Å². The topological polar surface area (TPSA) is 105 Å². The molecule has 1 saturated heterocycles. The Kier molecular flexibility index (Phi) is 4.72. The van der Waals surface area contributed by atoms with Gasteiger partial charge in [-0.1, -0.05) is 0 Å². The van der Waals surface area contributed by atoms with Gasteiger partial charge in [-0.3, -0.25) is 4.90 Å². The van der Waals surface area contributed by atoms with Crippen molar-refractivity contribution in [2.45, 2.75) is 10.9 Å². The van der Waals surface area contributed by atoms with E-state index in [1.165, 1.54) is 12.1 Å². The van der Waals surface area contributed by atoms with Gasteiger partial charge in [0.05, 0.1) is 16.3 Å². The molecular formula is C13H23N5O2S. The third-order valence-corrected chi connectivity index (χ3v) is 4.77. The maximum atomic E-state index is 11.3. The van der Waals surface area contributed by atoms with Crippen LogP contribution in [0.5, 0.6) is 0 Å². The van der Waals surface area contributed by atoms with Gasteiger partial charge in [-0.25, -0.2) is 13.6 Å². The number of primary sulfonamides is 1. The number of anilines is 2. The van der Waals surface area contributed by atoms with E-state index in [4.69, 9.17) is 10.9 Å². The number of hydrogen-bond donors (Lipinski definition) is 3. The third kappa shape index (κ3) is 4.07. The Bertz CT molecular complexity index is 605. The first-order chi connectivity index (χ1) is 9.77. The quantitative estimate of drug-likeness (QED) is 0.652. The summed E-state index contributed by atoms with van der Waals surface area (Å²) in [6.45, 7) is 3.83. The maximum Gasteiger partial charge on any atom is 0.238 e. The molecule has 0 saturated carbocycles. The third-order valence-electron chi connectivity index (χ3n) is 3.86. The summed E-state index contributed by atoms with van der Waals surface area (Å²) >= 11 is 0. The number of nitrogens with one attached hydrogen (secondary N) is 1. The highest BCUT2D eigenvalue weighted by atomic mass is 32.2. The molecule has 1 fully saturated rings. The molecule has 1 aliphatic rings. The SMILES string of the molecule is CN1CCN(C)C(CNc2ccc(S(N)(=O)=O)cc2N)C1. The van der Waals surface area contributed by atoms with Gasteiger partial charge < -0.3 is 16.0 Å². The number of piperazine rings is 1. The molecule has 0 aromatic heterocycles. The van der Waals surface area contributed by atoms with E-state index >= 15 is 0 Å². The van der Waals surface area contributed by atoms with Gasteiger partial charge in [-0.2, -0.15) is 0 Å². The molecule has 2 rings (SSSR count). The minimum atomic E-state index is -3.72. The van der Waals surface area contributed by atoms with Crippen molar-refractivity contribution in [3.05, 3.63) is 18.2 Å². The molecule has 1 aromatic rings. The average molecular weight is 313 g/mol. The molecule has 0 aliphatic carbocycles. The van der Waals surface area contributed by atoms with Crippen LogP contribution >= 0.6 is 0 Å². The van der Waals surface area contributed by atoms with Crippen LogP contribution in [-0.2, 0) is 10.0 Å². The van der Waals surface area contributed by atoms with Gasteiger partial charge in [0.2, 0.25) is 10.0 Å². The number of benzene rings is 1. The van der Waals surface area contributed by atoms with Crippen LogP contribution in [0, 0.1) is 0 Å². The summed E-state index contributed by atoms with van der Waals surface area (Å²) in [4.78, 5) is 4.63. The minimum Gasteiger partial charge on any atom is -0.397 e. The second-order valence-electron chi connectivity index (χ2n) is 5.57. The van der Waals surface area contributed by atoms with Crippen molar-refractivity contribution in [1.29, 1.82) is 0 Å². The smallest absolute Gasteiger partial charge is 0.238 e. The molecule has 0 radical (unpaired) electrons. The molecule has 118 valence electrons.